The van der Waals surface area contributed by atoms with Crippen LogP contribution in [0.2, 0.25) is 5.15 Å². The van der Waals surface area contributed by atoms with Crippen molar-refractivity contribution < 1.29 is 14.6 Å². The first-order valence-corrected chi connectivity index (χ1v) is 11.1. The molecule has 4 heterocycles. The number of amides is 1. The number of ether oxygens (including phenoxy) is 1. The van der Waals surface area contributed by atoms with Gasteiger partial charge in [-0.1, -0.05) is 32.4 Å². The Morgan fingerprint density at radius 1 is 1.27 bits per heavy atom. The summed E-state index contributed by atoms with van der Waals surface area (Å²) < 4.78 is 5.56. The van der Waals surface area contributed by atoms with Gasteiger partial charge in [-0.25, -0.2) is 9.78 Å². The molecule has 3 atom stereocenters. The number of rotatable bonds is 2. The van der Waals surface area contributed by atoms with Gasteiger partial charge in [-0.2, -0.15) is 4.98 Å². The summed E-state index contributed by atoms with van der Waals surface area (Å²) in [5, 5.41) is 10.3. The van der Waals surface area contributed by atoms with E-state index in [4.69, 9.17) is 21.3 Å². The lowest BCUT2D eigenvalue weighted by molar-refractivity contribution is 0.0843. The van der Waals surface area contributed by atoms with E-state index in [9.17, 15) is 9.90 Å². The van der Waals surface area contributed by atoms with Crippen LogP contribution in [0.1, 0.15) is 46.6 Å². The molecular formula is C21H32ClN5O3. The van der Waals surface area contributed by atoms with Crippen LogP contribution in [-0.4, -0.2) is 76.5 Å². The molecule has 1 aromatic rings. The van der Waals surface area contributed by atoms with E-state index in [0.29, 0.717) is 30.9 Å². The second-order valence-corrected chi connectivity index (χ2v) is 10.3. The third-order valence-electron chi connectivity index (χ3n) is 6.83. The third-order valence-corrected chi connectivity index (χ3v) is 7.14. The first-order valence-electron chi connectivity index (χ1n) is 10.7. The summed E-state index contributed by atoms with van der Waals surface area (Å²) in [7, 11) is 0. The van der Waals surface area contributed by atoms with Crippen molar-refractivity contribution in [2.24, 2.45) is 5.41 Å². The molecule has 0 bridgehead atoms. The number of hydrogen-bond donors (Lipinski definition) is 1. The number of carboxylic acid groups (broad SMARTS) is 1. The molecule has 9 heteroatoms. The summed E-state index contributed by atoms with van der Waals surface area (Å²) in [6, 6.07) is 0.0163. The number of nitrogens with zero attached hydrogens (tertiary/aromatic N) is 5. The summed E-state index contributed by atoms with van der Waals surface area (Å²) in [5.74, 6) is 1.48. The highest BCUT2D eigenvalue weighted by Crippen LogP contribution is 2.47. The first-order chi connectivity index (χ1) is 14.0. The van der Waals surface area contributed by atoms with Gasteiger partial charge in [0.1, 0.15) is 11.0 Å². The van der Waals surface area contributed by atoms with Crippen LogP contribution in [0.25, 0.3) is 0 Å². The second-order valence-electron chi connectivity index (χ2n) is 9.99. The molecule has 0 spiro atoms. The van der Waals surface area contributed by atoms with Gasteiger partial charge in [0.2, 0.25) is 5.95 Å². The van der Waals surface area contributed by atoms with E-state index in [0.717, 1.165) is 37.3 Å². The lowest BCUT2D eigenvalue weighted by Crippen LogP contribution is -2.60. The number of morpholine rings is 1. The number of halogens is 1. The Morgan fingerprint density at radius 3 is 2.63 bits per heavy atom. The van der Waals surface area contributed by atoms with Crippen LogP contribution < -0.4 is 9.80 Å². The number of likely N-dealkylation sites (tertiary alicyclic amines) is 1. The van der Waals surface area contributed by atoms with Gasteiger partial charge in [0, 0.05) is 25.2 Å². The Morgan fingerprint density at radius 2 is 2.00 bits per heavy atom. The lowest BCUT2D eigenvalue weighted by Gasteiger charge is -2.48. The Labute approximate surface area is 183 Å². The molecule has 0 aromatic carbocycles. The molecule has 3 aliphatic rings. The summed E-state index contributed by atoms with van der Waals surface area (Å²) >= 11 is 6.62. The quantitative estimate of drug-likeness (QED) is 0.711. The number of anilines is 2. The van der Waals surface area contributed by atoms with Crippen LogP contribution in [0, 0.1) is 5.41 Å². The van der Waals surface area contributed by atoms with Crippen molar-refractivity contribution in [2.75, 3.05) is 42.6 Å². The maximum absolute atomic E-state index is 12.0. The summed E-state index contributed by atoms with van der Waals surface area (Å²) in [4.78, 5) is 27.6. The molecule has 1 amide bonds. The van der Waals surface area contributed by atoms with Crippen LogP contribution >= 0.6 is 11.6 Å². The van der Waals surface area contributed by atoms with Crippen LogP contribution in [-0.2, 0) is 11.2 Å². The highest BCUT2D eigenvalue weighted by Gasteiger charge is 2.56. The number of carbonyl (C=O) groups is 1. The zero-order valence-electron chi connectivity index (χ0n) is 18.5. The molecule has 2 fully saturated rings. The molecule has 30 heavy (non-hydrogen) atoms. The Bertz CT molecular complexity index is 845. The molecule has 2 saturated heterocycles. The van der Waals surface area contributed by atoms with Crippen LogP contribution in [0.15, 0.2) is 0 Å². The van der Waals surface area contributed by atoms with E-state index in [2.05, 4.69) is 49.4 Å². The van der Waals surface area contributed by atoms with Gasteiger partial charge >= 0.3 is 6.09 Å². The molecule has 1 N–H and O–H groups in total. The summed E-state index contributed by atoms with van der Waals surface area (Å²) in [6.45, 7) is 13.9. The average molecular weight is 438 g/mol. The van der Waals surface area contributed by atoms with Gasteiger partial charge in [0.25, 0.3) is 0 Å². The predicted molar refractivity (Wildman–Crippen MR) is 117 cm³/mol. The number of aromatic nitrogens is 2. The van der Waals surface area contributed by atoms with E-state index >= 15 is 0 Å². The molecule has 1 aromatic heterocycles. The largest absolute Gasteiger partial charge is 0.465 e. The molecule has 4 rings (SSSR count). The van der Waals surface area contributed by atoms with Crippen LogP contribution in [0.3, 0.4) is 0 Å². The van der Waals surface area contributed by atoms with Gasteiger partial charge in [0.15, 0.2) is 0 Å². The summed E-state index contributed by atoms with van der Waals surface area (Å²) in [6.07, 6.45) is 0.666. The van der Waals surface area contributed by atoms with E-state index in [1.165, 1.54) is 0 Å². The fraction of sp³-hybridized carbons (Fsp3) is 0.762. The zero-order chi connectivity index (χ0) is 21.8. The number of hydrogen-bond acceptors (Lipinski definition) is 6. The van der Waals surface area contributed by atoms with Gasteiger partial charge in [-0.3, -0.25) is 0 Å². The van der Waals surface area contributed by atoms with E-state index in [1.54, 1.807) is 4.90 Å². The average Bonchev–Trinajstić information content (AvgIpc) is 3.24. The van der Waals surface area contributed by atoms with Crippen molar-refractivity contribution in [3.63, 3.8) is 0 Å². The highest BCUT2D eigenvalue weighted by atomic mass is 35.5. The lowest BCUT2D eigenvalue weighted by atomic mass is 9.74. The molecule has 0 radical (unpaired) electrons. The first kappa shape index (κ1) is 21.4. The van der Waals surface area contributed by atoms with Crippen molar-refractivity contribution in [2.45, 2.75) is 65.1 Å². The standard InChI is InChI=1S/C21H32ClN5O3/c1-13-12-30-11-10-25(13)18-23-15(22)14-6-8-27(16(14)24-18)21(5)7-9-26(19(28)29)17(21)20(2,3)4/h13,17H,6-12H2,1-5H3,(H,28,29)/t13-,17?,21-/m0/s1. The van der Waals surface area contributed by atoms with Gasteiger partial charge in [0.05, 0.1) is 30.8 Å². The Balaban J connectivity index is 1.75. The fourth-order valence-corrected chi connectivity index (χ4v) is 5.94. The van der Waals surface area contributed by atoms with Crippen molar-refractivity contribution in [3.05, 3.63) is 10.7 Å². The van der Waals surface area contributed by atoms with Gasteiger partial charge in [-0.15, -0.1) is 0 Å². The van der Waals surface area contributed by atoms with Crippen molar-refractivity contribution in [3.8, 4) is 0 Å². The minimum atomic E-state index is -0.860. The molecular weight excluding hydrogens is 406 g/mol. The smallest absolute Gasteiger partial charge is 0.407 e. The van der Waals surface area contributed by atoms with E-state index in [-0.39, 0.29) is 23.0 Å². The second kappa shape index (κ2) is 7.41. The van der Waals surface area contributed by atoms with E-state index < -0.39 is 6.09 Å². The topological polar surface area (TPSA) is 82.0 Å². The maximum Gasteiger partial charge on any atom is 0.407 e. The van der Waals surface area contributed by atoms with Crippen molar-refractivity contribution in [1.82, 2.24) is 14.9 Å². The monoisotopic (exact) mass is 437 g/mol. The SMILES string of the molecule is C[C@H]1COCCN1c1nc(Cl)c2c(n1)N([C@@]1(C)CCN(C(=O)O)C1C(C)(C)C)CC2. The van der Waals surface area contributed by atoms with Gasteiger partial charge < -0.3 is 24.5 Å². The fourth-order valence-electron chi connectivity index (χ4n) is 5.69. The Hall–Kier alpha value is -1.80. The molecule has 0 aliphatic carbocycles. The highest BCUT2D eigenvalue weighted by molar-refractivity contribution is 6.30. The van der Waals surface area contributed by atoms with Crippen LogP contribution in [0.4, 0.5) is 16.6 Å². The molecule has 1 unspecified atom stereocenters. The molecule has 166 valence electrons. The normalized spacial score (nSPS) is 29.5. The third kappa shape index (κ3) is 3.38. The Kier molecular flexibility index (Phi) is 5.29. The minimum Gasteiger partial charge on any atom is -0.465 e. The van der Waals surface area contributed by atoms with Gasteiger partial charge in [-0.05, 0) is 32.1 Å². The zero-order valence-corrected chi connectivity index (χ0v) is 19.2. The van der Waals surface area contributed by atoms with Crippen molar-refractivity contribution in [1.29, 1.82) is 0 Å². The molecule has 3 aliphatic heterocycles. The van der Waals surface area contributed by atoms with E-state index in [1.807, 2.05) is 0 Å². The van der Waals surface area contributed by atoms with Crippen molar-refractivity contribution >= 4 is 29.5 Å². The van der Waals surface area contributed by atoms with Crippen LogP contribution in [0.5, 0.6) is 0 Å². The summed E-state index contributed by atoms with van der Waals surface area (Å²) in [5.41, 5.74) is 0.377. The molecule has 0 saturated carbocycles. The predicted octanol–water partition coefficient (Wildman–Crippen LogP) is 3.27. The maximum atomic E-state index is 12.0. The number of fused-ring (bicyclic) bond motifs is 1. The minimum absolute atomic E-state index is 0.159. The molecule has 8 nitrogen and oxygen atoms in total.